The van der Waals surface area contributed by atoms with Crippen molar-refractivity contribution in [3.05, 3.63) is 83.4 Å². The van der Waals surface area contributed by atoms with Crippen LogP contribution in [0.4, 0.5) is 0 Å². The molecule has 7 heteroatoms. The molecule has 38 heavy (non-hydrogen) atoms. The molecule has 4 aromatic rings. The van der Waals surface area contributed by atoms with Gasteiger partial charge in [0.15, 0.2) is 5.78 Å². The molecule has 0 atom stereocenters. The summed E-state index contributed by atoms with van der Waals surface area (Å²) in [6.45, 7) is 2.68. The molecule has 0 saturated heterocycles. The number of unbranched alkanes of at least 4 members (excludes halogenated alkanes) is 1. The van der Waals surface area contributed by atoms with E-state index in [1.54, 1.807) is 19.5 Å². The highest BCUT2D eigenvalue weighted by Gasteiger charge is 2.27. The maximum atomic E-state index is 13.3. The number of rotatable bonds is 11. The Morgan fingerprint density at radius 2 is 1.84 bits per heavy atom. The molecular weight excluding hydrogens is 476 g/mol. The van der Waals surface area contributed by atoms with E-state index in [9.17, 15) is 9.59 Å². The molecule has 0 spiro atoms. The summed E-state index contributed by atoms with van der Waals surface area (Å²) in [7, 11) is 1.60. The van der Waals surface area contributed by atoms with E-state index in [1.165, 1.54) is 6.20 Å². The molecule has 0 bridgehead atoms. The topological polar surface area (TPSA) is 94.1 Å². The van der Waals surface area contributed by atoms with Gasteiger partial charge in [-0.15, -0.1) is 0 Å². The molecule has 0 radical (unpaired) electrons. The molecule has 5 rings (SSSR count). The lowest BCUT2D eigenvalue weighted by molar-refractivity contribution is 0.0945. The van der Waals surface area contributed by atoms with Gasteiger partial charge in [-0.05, 0) is 48.8 Å². The Bertz CT molecular complexity index is 1450. The van der Waals surface area contributed by atoms with E-state index in [-0.39, 0.29) is 17.4 Å². The first-order valence-corrected chi connectivity index (χ1v) is 13.2. The number of nitrogens with zero attached hydrogens (tertiary/aromatic N) is 3. The Morgan fingerprint density at radius 1 is 1.03 bits per heavy atom. The number of ether oxygens (including phenoxy) is 1. The van der Waals surface area contributed by atoms with Crippen molar-refractivity contribution in [3.63, 3.8) is 0 Å². The fraction of sp³-hybridized carbons (Fsp3) is 0.323. The lowest BCUT2D eigenvalue weighted by Crippen LogP contribution is -2.25. The number of amides is 1. The van der Waals surface area contributed by atoms with E-state index in [0.717, 1.165) is 53.3 Å². The summed E-state index contributed by atoms with van der Waals surface area (Å²) in [5, 5.41) is 3.75. The predicted octanol–water partition coefficient (Wildman–Crippen LogP) is 5.80. The Labute approximate surface area is 222 Å². The van der Waals surface area contributed by atoms with E-state index in [2.05, 4.69) is 39.3 Å². The van der Waals surface area contributed by atoms with Crippen LogP contribution in [0.25, 0.3) is 22.2 Å². The number of benzene rings is 2. The van der Waals surface area contributed by atoms with E-state index in [1.807, 2.05) is 30.3 Å². The summed E-state index contributed by atoms with van der Waals surface area (Å²) in [4.78, 5) is 39.3. The largest absolute Gasteiger partial charge is 0.496 e. The molecule has 1 N–H and O–H groups in total. The Balaban J connectivity index is 1.57. The van der Waals surface area contributed by atoms with Crippen LogP contribution in [0.5, 0.6) is 5.75 Å². The summed E-state index contributed by atoms with van der Waals surface area (Å²) in [6, 6.07) is 14.0. The van der Waals surface area contributed by atoms with Gasteiger partial charge in [0, 0.05) is 41.7 Å². The normalized spacial score (nSPS) is 12.9. The minimum absolute atomic E-state index is 0.142. The first-order chi connectivity index (χ1) is 18.6. The maximum Gasteiger partial charge on any atom is 0.271 e. The highest BCUT2D eigenvalue weighted by atomic mass is 16.5. The smallest absolute Gasteiger partial charge is 0.271 e. The SMILES string of the molecule is CCCCNC(=O)c1cnc(-c2cc3c(Cc4ccccc4)c(C(=O)CC4CC4)cnc3cc2OC)cn1. The van der Waals surface area contributed by atoms with Crippen LogP contribution in [0.2, 0.25) is 0 Å². The molecule has 2 aromatic carbocycles. The summed E-state index contributed by atoms with van der Waals surface area (Å²) in [6.07, 6.45) is 10.1. The number of hydrogen-bond donors (Lipinski definition) is 1. The van der Waals surface area contributed by atoms with Gasteiger partial charge < -0.3 is 10.1 Å². The number of fused-ring (bicyclic) bond motifs is 1. The van der Waals surface area contributed by atoms with Crippen molar-refractivity contribution in [1.82, 2.24) is 20.3 Å². The van der Waals surface area contributed by atoms with Crippen LogP contribution in [0, 0.1) is 5.92 Å². The Morgan fingerprint density at radius 3 is 2.53 bits per heavy atom. The fourth-order valence-corrected chi connectivity index (χ4v) is 4.62. The standard InChI is InChI=1S/C31H32N4O3/c1-3-4-12-32-31(37)28-19-34-27(18-35-28)24-15-23-22(13-20-8-6-5-7-9-20)25(29(36)14-21-10-11-21)17-33-26(23)16-30(24)38-2/h5-9,15-19,21H,3-4,10-14H2,1-2H3,(H,32,37). The third kappa shape index (κ3) is 5.72. The van der Waals surface area contributed by atoms with Crippen LogP contribution in [-0.4, -0.2) is 40.3 Å². The first kappa shape index (κ1) is 25.5. The summed E-state index contributed by atoms with van der Waals surface area (Å²) in [5.74, 6) is 0.990. The van der Waals surface area contributed by atoms with E-state index < -0.39 is 0 Å². The minimum atomic E-state index is -0.240. The second-order valence-electron chi connectivity index (χ2n) is 9.85. The van der Waals surface area contributed by atoms with Crippen LogP contribution in [-0.2, 0) is 6.42 Å². The van der Waals surface area contributed by atoms with Crippen LogP contribution in [0.15, 0.2) is 61.1 Å². The molecule has 1 fully saturated rings. The molecular formula is C31H32N4O3. The summed E-state index contributed by atoms with van der Waals surface area (Å²) in [5.41, 5.74) is 5.08. The molecule has 1 amide bonds. The molecule has 1 aliphatic carbocycles. The number of carbonyl (C=O) groups excluding carboxylic acids is 2. The van der Waals surface area contributed by atoms with Gasteiger partial charge in [-0.3, -0.25) is 19.6 Å². The Hall–Kier alpha value is -4.13. The lowest BCUT2D eigenvalue weighted by atomic mass is 9.92. The summed E-state index contributed by atoms with van der Waals surface area (Å²) < 4.78 is 5.69. The highest BCUT2D eigenvalue weighted by molar-refractivity contribution is 6.03. The zero-order valence-corrected chi connectivity index (χ0v) is 21.9. The molecule has 0 unspecified atom stereocenters. The van der Waals surface area contributed by atoms with Gasteiger partial charge in [0.05, 0.1) is 30.7 Å². The summed E-state index contributed by atoms with van der Waals surface area (Å²) >= 11 is 0. The van der Waals surface area contributed by atoms with Crippen LogP contribution in [0.1, 0.15) is 71.0 Å². The average molecular weight is 509 g/mol. The van der Waals surface area contributed by atoms with Crippen molar-refractivity contribution in [1.29, 1.82) is 0 Å². The van der Waals surface area contributed by atoms with Gasteiger partial charge in [-0.2, -0.15) is 0 Å². The van der Waals surface area contributed by atoms with Crippen molar-refractivity contribution < 1.29 is 14.3 Å². The number of carbonyl (C=O) groups is 2. The molecule has 2 aromatic heterocycles. The number of ketones is 1. The van der Waals surface area contributed by atoms with Crippen molar-refractivity contribution in [2.45, 2.75) is 45.4 Å². The van der Waals surface area contributed by atoms with Crippen molar-refractivity contribution in [2.24, 2.45) is 5.92 Å². The van der Waals surface area contributed by atoms with Gasteiger partial charge in [-0.1, -0.05) is 43.7 Å². The molecule has 2 heterocycles. The van der Waals surface area contributed by atoms with Crippen LogP contribution in [0.3, 0.4) is 0 Å². The second-order valence-corrected chi connectivity index (χ2v) is 9.85. The first-order valence-electron chi connectivity index (χ1n) is 13.2. The van der Waals surface area contributed by atoms with Gasteiger partial charge in [0.2, 0.25) is 0 Å². The maximum absolute atomic E-state index is 13.3. The molecule has 7 nitrogen and oxygen atoms in total. The number of nitrogens with one attached hydrogen (secondary N) is 1. The molecule has 194 valence electrons. The second kappa shape index (κ2) is 11.5. The third-order valence-electron chi connectivity index (χ3n) is 6.97. The van der Waals surface area contributed by atoms with Crippen LogP contribution >= 0.6 is 0 Å². The van der Waals surface area contributed by atoms with E-state index in [0.29, 0.717) is 42.3 Å². The molecule has 1 aliphatic rings. The van der Waals surface area contributed by atoms with Gasteiger partial charge in [-0.25, -0.2) is 4.98 Å². The van der Waals surface area contributed by atoms with E-state index >= 15 is 0 Å². The third-order valence-corrected chi connectivity index (χ3v) is 6.97. The van der Waals surface area contributed by atoms with Gasteiger partial charge in [0.25, 0.3) is 5.91 Å². The monoisotopic (exact) mass is 508 g/mol. The number of pyridine rings is 1. The number of hydrogen-bond acceptors (Lipinski definition) is 6. The van der Waals surface area contributed by atoms with Crippen molar-refractivity contribution in [3.8, 4) is 17.0 Å². The predicted molar refractivity (Wildman–Crippen MR) is 147 cm³/mol. The molecule has 1 saturated carbocycles. The lowest BCUT2D eigenvalue weighted by Gasteiger charge is -2.15. The van der Waals surface area contributed by atoms with Crippen LogP contribution < -0.4 is 10.1 Å². The molecule has 0 aliphatic heterocycles. The fourth-order valence-electron chi connectivity index (χ4n) is 4.62. The number of methoxy groups -OCH3 is 1. The average Bonchev–Trinajstić information content (AvgIpc) is 3.77. The number of aromatic nitrogens is 3. The number of Topliss-reactive ketones (excluding diaryl/α,β-unsaturated/α-hetero) is 1. The van der Waals surface area contributed by atoms with Gasteiger partial charge >= 0.3 is 0 Å². The van der Waals surface area contributed by atoms with E-state index in [4.69, 9.17) is 4.74 Å². The highest BCUT2D eigenvalue weighted by Crippen LogP contribution is 2.37. The zero-order chi connectivity index (χ0) is 26.5. The van der Waals surface area contributed by atoms with Crippen molar-refractivity contribution >= 4 is 22.6 Å². The van der Waals surface area contributed by atoms with Gasteiger partial charge in [0.1, 0.15) is 11.4 Å². The zero-order valence-electron chi connectivity index (χ0n) is 21.9. The minimum Gasteiger partial charge on any atom is -0.496 e. The Kier molecular flexibility index (Phi) is 7.73. The quantitative estimate of drug-likeness (QED) is 0.203. The van der Waals surface area contributed by atoms with Crippen molar-refractivity contribution in [2.75, 3.05) is 13.7 Å².